The number of nitriles is 1. The van der Waals surface area contributed by atoms with Gasteiger partial charge in [0.2, 0.25) is 5.91 Å². The quantitative estimate of drug-likeness (QED) is 0.819. The van der Waals surface area contributed by atoms with E-state index < -0.39 is 0 Å². The first kappa shape index (κ1) is 15.2. The van der Waals surface area contributed by atoms with E-state index in [0.717, 1.165) is 5.56 Å². The molecule has 102 valence electrons. The van der Waals surface area contributed by atoms with Crippen LogP contribution in [-0.4, -0.2) is 18.5 Å². The summed E-state index contributed by atoms with van der Waals surface area (Å²) in [6.45, 7) is 7.08. The van der Waals surface area contributed by atoms with E-state index >= 15 is 0 Å². The van der Waals surface area contributed by atoms with Crippen molar-refractivity contribution in [2.45, 2.75) is 33.4 Å². The molecule has 1 amide bonds. The van der Waals surface area contributed by atoms with Gasteiger partial charge >= 0.3 is 0 Å². The third-order valence-electron chi connectivity index (χ3n) is 3.09. The van der Waals surface area contributed by atoms with Gasteiger partial charge < -0.3 is 10.6 Å². The average Bonchev–Trinajstić information content (AvgIpc) is 2.39. The van der Waals surface area contributed by atoms with Gasteiger partial charge in [-0.1, -0.05) is 26.0 Å². The van der Waals surface area contributed by atoms with E-state index in [4.69, 9.17) is 5.26 Å². The highest BCUT2D eigenvalue weighted by Crippen LogP contribution is 2.02. The van der Waals surface area contributed by atoms with E-state index in [1.165, 1.54) is 0 Å². The van der Waals surface area contributed by atoms with Gasteiger partial charge in [0.15, 0.2) is 0 Å². The molecule has 0 fully saturated rings. The lowest BCUT2D eigenvalue weighted by Crippen LogP contribution is -2.41. The molecule has 1 rings (SSSR count). The Bertz CT molecular complexity index is 445. The minimum atomic E-state index is 0.00912. The largest absolute Gasteiger partial charge is 0.352 e. The normalized spacial score (nSPS) is 11.9. The summed E-state index contributed by atoms with van der Waals surface area (Å²) < 4.78 is 0. The molecule has 0 aliphatic carbocycles. The Kier molecular flexibility index (Phi) is 6.04. The fourth-order valence-corrected chi connectivity index (χ4v) is 1.49. The van der Waals surface area contributed by atoms with Gasteiger partial charge in [-0.15, -0.1) is 0 Å². The van der Waals surface area contributed by atoms with Crippen LogP contribution in [0.3, 0.4) is 0 Å². The second-order valence-electron chi connectivity index (χ2n) is 5.01. The van der Waals surface area contributed by atoms with E-state index in [1.807, 2.05) is 19.1 Å². The lowest BCUT2D eigenvalue weighted by molar-refractivity contribution is -0.121. The second-order valence-corrected chi connectivity index (χ2v) is 5.01. The maximum atomic E-state index is 11.6. The van der Waals surface area contributed by atoms with Crippen LogP contribution in [0.1, 0.15) is 31.9 Å². The number of carbonyl (C=O) groups excluding carboxylic acids is 1. The molecular formula is C15H21N3O. The van der Waals surface area contributed by atoms with Crippen LogP contribution in [0.15, 0.2) is 24.3 Å². The van der Waals surface area contributed by atoms with E-state index in [9.17, 15) is 4.79 Å². The first-order valence-electron chi connectivity index (χ1n) is 6.52. The predicted molar refractivity (Wildman–Crippen MR) is 75.3 cm³/mol. The predicted octanol–water partition coefficient (Wildman–Crippen LogP) is 1.81. The zero-order valence-corrected chi connectivity index (χ0v) is 11.7. The smallest absolute Gasteiger partial charge is 0.234 e. The number of amides is 1. The van der Waals surface area contributed by atoms with Gasteiger partial charge in [0.25, 0.3) is 0 Å². The molecule has 0 heterocycles. The van der Waals surface area contributed by atoms with Gasteiger partial charge in [0, 0.05) is 12.6 Å². The number of carbonyl (C=O) groups is 1. The highest BCUT2D eigenvalue weighted by atomic mass is 16.1. The highest BCUT2D eigenvalue weighted by molar-refractivity contribution is 5.78. The summed E-state index contributed by atoms with van der Waals surface area (Å²) in [5.74, 6) is 0.442. The third kappa shape index (κ3) is 5.54. The molecule has 2 N–H and O–H groups in total. The number of benzene rings is 1. The van der Waals surface area contributed by atoms with Crippen molar-refractivity contribution in [3.63, 3.8) is 0 Å². The minimum absolute atomic E-state index is 0.00912. The average molecular weight is 259 g/mol. The van der Waals surface area contributed by atoms with Gasteiger partial charge in [-0.3, -0.25) is 4.79 Å². The van der Waals surface area contributed by atoms with Gasteiger partial charge in [0.1, 0.15) is 0 Å². The van der Waals surface area contributed by atoms with Crippen molar-refractivity contribution in [2.75, 3.05) is 6.54 Å². The summed E-state index contributed by atoms with van der Waals surface area (Å²) in [4.78, 5) is 11.6. The van der Waals surface area contributed by atoms with Crippen LogP contribution in [0, 0.1) is 17.2 Å². The highest BCUT2D eigenvalue weighted by Gasteiger charge is 2.09. The topological polar surface area (TPSA) is 64.9 Å². The van der Waals surface area contributed by atoms with Crippen LogP contribution in [0.25, 0.3) is 0 Å². The van der Waals surface area contributed by atoms with Gasteiger partial charge in [-0.25, -0.2) is 0 Å². The van der Waals surface area contributed by atoms with E-state index in [-0.39, 0.29) is 11.9 Å². The number of nitrogens with zero attached hydrogens (tertiary/aromatic N) is 1. The van der Waals surface area contributed by atoms with E-state index in [2.05, 4.69) is 30.6 Å². The van der Waals surface area contributed by atoms with Crippen molar-refractivity contribution >= 4 is 5.91 Å². The fourth-order valence-electron chi connectivity index (χ4n) is 1.49. The summed E-state index contributed by atoms with van der Waals surface area (Å²) in [6.07, 6.45) is 0. The monoisotopic (exact) mass is 259 g/mol. The Hall–Kier alpha value is -1.86. The van der Waals surface area contributed by atoms with Crippen molar-refractivity contribution in [3.05, 3.63) is 35.4 Å². The second kappa shape index (κ2) is 7.55. The minimum Gasteiger partial charge on any atom is -0.352 e. The van der Waals surface area contributed by atoms with Crippen LogP contribution in [-0.2, 0) is 11.3 Å². The number of nitrogens with one attached hydrogen (secondary N) is 2. The Morgan fingerprint density at radius 1 is 1.26 bits per heavy atom. The molecule has 1 aromatic carbocycles. The third-order valence-corrected chi connectivity index (χ3v) is 3.09. The number of hydrogen-bond donors (Lipinski definition) is 2. The molecule has 0 saturated carbocycles. The molecule has 1 aromatic rings. The van der Waals surface area contributed by atoms with Crippen LogP contribution in [0.2, 0.25) is 0 Å². The van der Waals surface area contributed by atoms with Crippen molar-refractivity contribution in [1.82, 2.24) is 10.6 Å². The van der Waals surface area contributed by atoms with Crippen molar-refractivity contribution in [3.8, 4) is 6.07 Å². The summed E-state index contributed by atoms with van der Waals surface area (Å²) in [7, 11) is 0. The molecule has 0 aliphatic rings. The molecule has 0 spiro atoms. The molecule has 0 aromatic heterocycles. The molecule has 19 heavy (non-hydrogen) atoms. The maximum absolute atomic E-state index is 11.6. The summed E-state index contributed by atoms with van der Waals surface area (Å²) in [5, 5.41) is 14.7. The lowest BCUT2D eigenvalue weighted by atomic mass is 10.1. The maximum Gasteiger partial charge on any atom is 0.234 e. The number of rotatable bonds is 6. The van der Waals surface area contributed by atoms with Crippen LogP contribution in [0.5, 0.6) is 0 Å². The Labute approximate surface area is 114 Å². The Morgan fingerprint density at radius 2 is 1.89 bits per heavy atom. The Balaban J connectivity index is 2.30. The van der Waals surface area contributed by atoms with Crippen molar-refractivity contribution < 1.29 is 4.79 Å². The SMILES string of the molecule is CC(C)C(C)NC(=O)CNCc1ccc(C#N)cc1. The fraction of sp³-hybridized carbons (Fsp3) is 0.467. The summed E-state index contributed by atoms with van der Waals surface area (Å²) in [5.41, 5.74) is 1.70. The molecule has 1 atom stereocenters. The molecule has 0 radical (unpaired) electrons. The molecular weight excluding hydrogens is 238 g/mol. The molecule has 4 nitrogen and oxygen atoms in total. The van der Waals surface area contributed by atoms with E-state index in [0.29, 0.717) is 24.6 Å². The summed E-state index contributed by atoms with van der Waals surface area (Å²) >= 11 is 0. The van der Waals surface area contributed by atoms with Crippen LogP contribution < -0.4 is 10.6 Å². The van der Waals surface area contributed by atoms with E-state index in [1.54, 1.807) is 12.1 Å². The lowest BCUT2D eigenvalue weighted by Gasteiger charge is -2.17. The first-order chi connectivity index (χ1) is 9.02. The number of hydrogen-bond acceptors (Lipinski definition) is 3. The standard InChI is InChI=1S/C15H21N3O/c1-11(2)12(3)18-15(19)10-17-9-14-6-4-13(8-16)5-7-14/h4-7,11-12,17H,9-10H2,1-3H3,(H,18,19). The van der Waals surface area contributed by atoms with Gasteiger partial charge in [-0.05, 0) is 30.5 Å². The molecule has 0 saturated heterocycles. The van der Waals surface area contributed by atoms with Crippen LogP contribution >= 0.6 is 0 Å². The molecule has 0 aliphatic heterocycles. The van der Waals surface area contributed by atoms with Crippen LogP contribution in [0.4, 0.5) is 0 Å². The van der Waals surface area contributed by atoms with Crippen molar-refractivity contribution in [2.24, 2.45) is 5.92 Å². The van der Waals surface area contributed by atoms with Crippen molar-refractivity contribution in [1.29, 1.82) is 5.26 Å². The molecule has 0 bridgehead atoms. The Morgan fingerprint density at radius 3 is 2.42 bits per heavy atom. The summed E-state index contributed by atoms with van der Waals surface area (Å²) in [6, 6.07) is 9.59. The zero-order chi connectivity index (χ0) is 14.3. The zero-order valence-electron chi connectivity index (χ0n) is 11.7. The van der Waals surface area contributed by atoms with Gasteiger partial charge in [0.05, 0.1) is 18.2 Å². The van der Waals surface area contributed by atoms with Gasteiger partial charge in [-0.2, -0.15) is 5.26 Å². The molecule has 1 unspecified atom stereocenters. The first-order valence-corrected chi connectivity index (χ1v) is 6.52. The molecule has 4 heteroatoms.